The molecule has 148 valence electrons. The van der Waals surface area contributed by atoms with Crippen molar-refractivity contribution >= 4 is 28.6 Å². The minimum absolute atomic E-state index is 0.0567. The Labute approximate surface area is 169 Å². The molecule has 4 aromatic rings. The van der Waals surface area contributed by atoms with E-state index in [1.165, 1.54) is 10.7 Å². The topological polar surface area (TPSA) is 61.9 Å². The van der Waals surface area contributed by atoms with Gasteiger partial charge >= 0.3 is 12.5 Å². The van der Waals surface area contributed by atoms with Crippen molar-refractivity contribution in [3.8, 4) is 5.69 Å². The SMILES string of the molecule is Cc1nn(-c2ccccc2)c(Cl)c1C(=O)OCc1nc2ccccc2n1C(F)F. The van der Waals surface area contributed by atoms with Crippen LogP contribution in [-0.4, -0.2) is 25.3 Å². The number of para-hydroxylation sites is 3. The molecule has 0 unspecified atom stereocenters. The van der Waals surface area contributed by atoms with Crippen molar-refractivity contribution in [2.75, 3.05) is 0 Å². The molecule has 2 aromatic heterocycles. The molecule has 0 N–H and O–H groups in total. The van der Waals surface area contributed by atoms with Gasteiger partial charge in [-0.15, -0.1) is 0 Å². The summed E-state index contributed by atoms with van der Waals surface area (Å²) in [7, 11) is 0. The zero-order chi connectivity index (χ0) is 20.5. The highest BCUT2D eigenvalue weighted by atomic mass is 35.5. The first-order chi connectivity index (χ1) is 14.0. The highest BCUT2D eigenvalue weighted by Gasteiger charge is 2.24. The van der Waals surface area contributed by atoms with Crippen LogP contribution in [0.25, 0.3) is 16.7 Å². The summed E-state index contributed by atoms with van der Waals surface area (Å²) in [6, 6.07) is 15.5. The average Bonchev–Trinajstić information content (AvgIpc) is 3.23. The van der Waals surface area contributed by atoms with Crippen molar-refractivity contribution in [1.82, 2.24) is 19.3 Å². The molecule has 0 aliphatic rings. The summed E-state index contributed by atoms with van der Waals surface area (Å²) >= 11 is 6.35. The molecule has 4 rings (SSSR count). The van der Waals surface area contributed by atoms with Crippen LogP contribution in [0.1, 0.15) is 28.4 Å². The Morgan fingerprint density at radius 1 is 1.14 bits per heavy atom. The lowest BCUT2D eigenvalue weighted by molar-refractivity contribution is 0.0387. The van der Waals surface area contributed by atoms with Crippen LogP contribution >= 0.6 is 11.6 Å². The summed E-state index contributed by atoms with van der Waals surface area (Å²) < 4.78 is 34.4. The third-order valence-corrected chi connectivity index (χ3v) is 4.75. The van der Waals surface area contributed by atoms with E-state index in [0.717, 1.165) is 4.57 Å². The predicted molar refractivity (Wildman–Crippen MR) is 103 cm³/mol. The Hall–Kier alpha value is -3.26. The zero-order valence-electron chi connectivity index (χ0n) is 15.2. The van der Waals surface area contributed by atoms with E-state index < -0.39 is 19.1 Å². The summed E-state index contributed by atoms with van der Waals surface area (Å²) in [6.45, 7) is -1.62. The second-order valence-corrected chi connectivity index (χ2v) is 6.60. The van der Waals surface area contributed by atoms with Crippen molar-refractivity contribution in [1.29, 1.82) is 0 Å². The fourth-order valence-corrected chi connectivity index (χ4v) is 3.44. The van der Waals surface area contributed by atoms with Crippen molar-refractivity contribution in [3.63, 3.8) is 0 Å². The minimum atomic E-state index is -2.82. The van der Waals surface area contributed by atoms with Gasteiger partial charge in [-0.2, -0.15) is 13.9 Å². The van der Waals surface area contributed by atoms with Crippen LogP contribution in [0.4, 0.5) is 8.78 Å². The number of aryl methyl sites for hydroxylation is 1. The fourth-order valence-electron chi connectivity index (χ4n) is 3.09. The first-order valence-electron chi connectivity index (χ1n) is 8.69. The number of carbonyl (C=O) groups excluding carboxylic acids is 1. The maximum Gasteiger partial charge on any atom is 0.343 e. The minimum Gasteiger partial charge on any atom is -0.454 e. The second kappa shape index (κ2) is 7.63. The van der Waals surface area contributed by atoms with Gasteiger partial charge in [-0.1, -0.05) is 41.9 Å². The van der Waals surface area contributed by atoms with E-state index in [-0.39, 0.29) is 22.1 Å². The molecule has 0 bridgehead atoms. The van der Waals surface area contributed by atoms with Gasteiger partial charge in [-0.25, -0.2) is 14.5 Å². The van der Waals surface area contributed by atoms with Crippen LogP contribution in [0, 0.1) is 6.92 Å². The maximum absolute atomic E-state index is 13.5. The van der Waals surface area contributed by atoms with Crippen LogP contribution in [0.3, 0.4) is 0 Å². The Balaban J connectivity index is 1.61. The number of nitrogens with zero attached hydrogens (tertiary/aromatic N) is 4. The molecule has 29 heavy (non-hydrogen) atoms. The second-order valence-electron chi connectivity index (χ2n) is 6.24. The Bertz CT molecular complexity index is 1190. The molecule has 0 saturated heterocycles. The summed E-state index contributed by atoms with van der Waals surface area (Å²) in [5.74, 6) is -0.818. The number of alkyl halides is 2. The third-order valence-electron chi connectivity index (χ3n) is 4.41. The normalized spacial score (nSPS) is 11.3. The monoisotopic (exact) mass is 416 g/mol. The number of esters is 1. The molecule has 9 heteroatoms. The molecule has 0 fully saturated rings. The fraction of sp³-hybridized carbons (Fsp3) is 0.150. The Morgan fingerprint density at radius 3 is 2.55 bits per heavy atom. The first-order valence-corrected chi connectivity index (χ1v) is 9.07. The molecule has 0 aliphatic heterocycles. The van der Waals surface area contributed by atoms with Gasteiger partial charge in [0.25, 0.3) is 0 Å². The van der Waals surface area contributed by atoms with E-state index in [2.05, 4.69) is 10.1 Å². The number of benzene rings is 2. The highest BCUT2D eigenvalue weighted by molar-refractivity contribution is 6.33. The summed E-state index contributed by atoms with van der Waals surface area (Å²) in [5, 5.41) is 4.36. The molecule has 6 nitrogen and oxygen atoms in total. The lowest BCUT2D eigenvalue weighted by Gasteiger charge is -2.08. The quantitative estimate of drug-likeness (QED) is 0.432. The van der Waals surface area contributed by atoms with Crippen molar-refractivity contribution in [3.05, 3.63) is 76.8 Å². The maximum atomic E-state index is 13.5. The van der Waals surface area contributed by atoms with Gasteiger partial charge in [0.15, 0.2) is 5.82 Å². The molecule has 2 heterocycles. The lowest BCUT2D eigenvalue weighted by atomic mass is 10.2. The van der Waals surface area contributed by atoms with E-state index in [1.807, 2.05) is 18.2 Å². The van der Waals surface area contributed by atoms with E-state index in [1.54, 1.807) is 37.3 Å². The van der Waals surface area contributed by atoms with Crippen molar-refractivity contribution in [2.24, 2.45) is 0 Å². The number of imidazole rings is 1. The molecule has 0 atom stereocenters. The lowest BCUT2D eigenvalue weighted by Crippen LogP contribution is -2.11. The number of fused-ring (bicyclic) bond motifs is 1. The highest BCUT2D eigenvalue weighted by Crippen LogP contribution is 2.26. The number of ether oxygens (including phenoxy) is 1. The Kier molecular flexibility index (Phi) is 5.02. The predicted octanol–water partition coefficient (Wildman–Crippen LogP) is 4.94. The number of rotatable bonds is 5. The number of carbonyl (C=O) groups is 1. The molecule has 0 amide bonds. The summed E-state index contributed by atoms with van der Waals surface area (Å²) in [6.07, 6.45) is 0. The zero-order valence-corrected chi connectivity index (χ0v) is 16.0. The van der Waals surface area contributed by atoms with Crippen LogP contribution in [-0.2, 0) is 11.3 Å². The number of halogens is 3. The summed E-state index contributed by atoms with van der Waals surface area (Å²) in [4.78, 5) is 16.8. The summed E-state index contributed by atoms with van der Waals surface area (Å²) in [5.41, 5.74) is 1.78. The van der Waals surface area contributed by atoms with Gasteiger partial charge in [-0.05, 0) is 31.2 Å². The first kappa shape index (κ1) is 19.1. The third kappa shape index (κ3) is 3.47. The molecular weight excluding hydrogens is 402 g/mol. The van der Waals surface area contributed by atoms with Crippen molar-refractivity contribution in [2.45, 2.75) is 20.1 Å². The average molecular weight is 417 g/mol. The molecule has 0 radical (unpaired) electrons. The van der Waals surface area contributed by atoms with E-state index >= 15 is 0 Å². The van der Waals surface area contributed by atoms with Gasteiger partial charge in [-0.3, -0.25) is 4.57 Å². The molecule has 0 aliphatic carbocycles. The molecule has 2 aromatic carbocycles. The van der Waals surface area contributed by atoms with Gasteiger partial charge in [0, 0.05) is 0 Å². The van der Waals surface area contributed by atoms with Crippen molar-refractivity contribution < 1.29 is 18.3 Å². The smallest absolute Gasteiger partial charge is 0.343 e. The molecular formula is C20H15ClF2N4O2. The number of aromatic nitrogens is 4. The van der Waals surface area contributed by atoms with Crippen LogP contribution in [0.15, 0.2) is 54.6 Å². The van der Waals surface area contributed by atoms with Gasteiger partial charge in [0.2, 0.25) is 0 Å². The van der Waals surface area contributed by atoms with E-state index in [4.69, 9.17) is 16.3 Å². The van der Waals surface area contributed by atoms with E-state index in [9.17, 15) is 13.6 Å². The largest absolute Gasteiger partial charge is 0.454 e. The van der Waals surface area contributed by atoms with Gasteiger partial charge < -0.3 is 4.74 Å². The standard InChI is InChI=1S/C20H15ClF2N4O2/c1-12-17(18(21)27(25-12)13-7-3-2-4-8-13)19(28)29-11-16-24-14-9-5-6-10-15(14)26(16)20(22)23/h2-10,20H,11H2,1H3. The van der Waals surface area contributed by atoms with Gasteiger partial charge in [0.05, 0.1) is 22.4 Å². The van der Waals surface area contributed by atoms with Crippen LogP contribution in [0.5, 0.6) is 0 Å². The Morgan fingerprint density at radius 2 is 1.83 bits per heavy atom. The van der Waals surface area contributed by atoms with Gasteiger partial charge in [0.1, 0.15) is 17.3 Å². The van der Waals surface area contributed by atoms with E-state index in [0.29, 0.717) is 16.9 Å². The van der Waals surface area contributed by atoms with Crippen LogP contribution < -0.4 is 0 Å². The number of hydrogen-bond acceptors (Lipinski definition) is 4. The molecule has 0 saturated carbocycles. The van der Waals surface area contributed by atoms with Crippen LogP contribution in [0.2, 0.25) is 5.15 Å². The molecule has 0 spiro atoms. The number of hydrogen-bond donors (Lipinski definition) is 0.